The number of nitrogens with one attached hydrogen (secondary N) is 1. The van der Waals surface area contributed by atoms with Gasteiger partial charge < -0.3 is 14.6 Å². The lowest BCUT2D eigenvalue weighted by molar-refractivity contribution is -0.116. The van der Waals surface area contributed by atoms with E-state index >= 15 is 0 Å². The average Bonchev–Trinajstić information content (AvgIpc) is 2.91. The number of aromatic nitrogens is 1. The number of amides is 1. The van der Waals surface area contributed by atoms with Gasteiger partial charge in [-0.15, -0.1) is 0 Å². The van der Waals surface area contributed by atoms with Crippen LogP contribution in [0.4, 0.5) is 5.69 Å². The molecule has 0 aliphatic heterocycles. The third kappa shape index (κ3) is 2.92. The second-order valence-corrected chi connectivity index (χ2v) is 5.33. The minimum Gasteiger partial charge on any atom is -0.495 e. The molecule has 3 rings (SSSR count). The Morgan fingerprint density at radius 1 is 1.23 bits per heavy atom. The molecule has 2 aromatic carbocycles. The Morgan fingerprint density at radius 2 is 2.05 bits per heavy atom. The van der Waals surface area contributed by atoms with Gasteiger partial charge in [0.1, 0.15) is 12.3 Å². The number of rotatable bonds is 4. The number of halogens is 1. The first-order chi connectivity index (χ1) is 10.7. The molecule has 0 radical (unpaired) electrons. The zero-order chi connectivity index (χ0) is 15.5. The molecule has 22 heavy (non-hydrogen) atoms. The van der Waals surface area contributed by atoms with Crippen molar-refractivity contribution in [2.45, 2.75) is 6.54 Å². The van der Waals surface area contributed by atoms with Crippen molar-refractivity contribution in [3.05, 3.63) is 59.8 Å². The van der Waals surface area contributed by atoms with Crippen LogP contribution in [0.3, 0.4) is 0 Å². The Morgan fingerprint density at radius 3 is 2.86 bits per heavy atom. The number of hydrogen-bond donors (Lipinski definition) is 1. The van der Waals surface area contributed by atoms with Crippen LogP contribution in [0, 0.1) is 0 Å². The Labute approximate surface area is 133 Å². The number of nitrogens with zero attached hydrogens (tertiary/aromatic N) is 1. The van der Waals surface area contributed by atoms with Gasteiger partial charge in [0, 0.05) is 16.7 Å². The van der Waals surface area contributed by atoms with E-state index in [9.17, 15) is 4.79 Å². The van der Waals surface area contributed by atoms with Gasteiger partial charge in [0.2, 0.25) is 5.91 Å². The standard InChI is InChI=1S/C17H15ClN2O2/c1-22-16-7-6-13(18)10-14(16)19-17(21)11-20-9-8-12-4-2-3-5-15(12)20/h2-10H,11H2,1H3,(H,19,21). The first-order valence-corrected chi connectivity index (χ1v) is 7.22. The molecule has 3 aromatic rings. The van der Waals surface area contributed by atoms with Crippen molar-refractivity contribution in [3.63, 3.8) is 0 Å². The highest BCUT2D eigenvalue weighted by Crippen LogP contribution is 2.27. The van der Waals surface area contributed by atoms with Crippen molar-refractivity contribution in [1.82, 2.24) is 4.57 Å². The highest BCUT2D eigenvalue weighted by molar-refractivity contribution is 6.31. The first-order valence-electron chi connectivity index (χ1n) is 6.84. The zero-order valence-electron chi connectivity index (χ0n) is 12.0. The van der Waals surface area contributed by atoms with E-state index in [1.807, 2.05) is 41.1 Å². The van der Waals surface area contributed by atoms with Crippen LogP contribution in [0.1, 0.15) is 0 Å². The summed E-state index contributed by atoms with van der Waals surface area (Å²) in [6.45, 7) is 0.225. The minimum absolute atomic E-state index is 0.137. The van der Waals surface area contributed by atoms with Crippen molar-refractivity contribution in [1.29, 1.82) is 0 Å². The molecule has 112 valence electrons. The summed E-state index contributed by atoms with van der Waals surface area (Å²) in [6, 6.07) is 15.0. The molecule has 0 atom stereocenters. The van der Waals surface area contributed by atoms with Gasteiger partial charge in [0.05, 0.1) is 12.8 Å². The van der Waals surface area contributed by atoms with Gasteiger partial charge in [-0.05, 0) is 35.7 Å². The minimum atomic E-state index is -0.137. The first kappa shape index (κ1) is 14.5. The smallest absolute Gasteiger partial charge is 0.244 e. The van der Waals surface area contributed by atoms with Crippen LogP contribution in [0.25, 0.3) is 10.9 Å². The number of benzene rings is 2. The normalized spacial score (nSPS) is 10.6. The highest BCUT2D eigenvalue weighted by Gasteiger charge is 2.10. The fourth-order valence-corrected chi connectivity index (χ4v) is 2.57. The van der Waals surface area contributed by atoms with E-state index in [1.54, 1.807) is 25.3 Å². The molecule has 0 saturated carbocycles. The number of hydrogen-bond acceptors (Lipinski definition) is 2. The van der Waals surface area contributed by atoms with Crippen molar-refractivity contribution in [3.8, 4) is 5.75 Å². The van der Waals surface area contributed by atoms with Crippen LogP contribution in [0.15, 0.2) is 54.7 Å². The number of fused-ring (bicyclic) bond motifs is 1. The van der Waals surface area contributed by atoms with E-state index in [0.29, 0.717) is 16.5 Å². The summed E-state index contributed by atoms with van der Waals surface area (Å²) in [7, 11) is 1.55. The molecule has 0 unspecified atom stereocenters. The summed E-state index contributed by atoms with van der Waals surface area (Å²) in [5, 5.41) is 4.49. The molecule has 0 aliphatic carbocycles. The van der Waals surface area contributed by atoms with E-state index in [4.69, 9.17) is 16.3 Å². The van der Waals surface area contributed by atoms with Gasteiger partial charge in [-0.25, -0.2) is 0 Å². The summed E-state index contributed by atoms with van der Waals surface area (Å²) in [6.07, 6.45) is 1.90. The number of anilines is 1. The predicted molar refractivity (Wildman–Crippen MR) is 88.6 cm³/mol. The summed E-state index contributed by atoms with van der Waals surface area (Å²) >= 11 is 5.97. The highest BCUT2D eigenvalue weighted by atomic mass is 35.5. The Balaban J connectivity index is 1.79. The third-order valence-corrected chi connectivity index (χ3v) is 3.66. The van der Waals surface area contributed by atoms with Crippen molar-refractivity contribution >= 4 is 34.1 Å². The van der Waals surface area contributed by atoms with E-state index in [0.717, 1.165) is 10.9 Å². The number of carbonyl (C=O) groups excluding carboxylic acids is 1. The summed E-state index contributed by atoms with van der Waals surface area (Å²) in [5.74, 6) is 0.442. The monoisotopic (exact) mass is 314 g/mol. The molecule has 0 saturated heterocycles. The van der Waals surface area contributed by atoms with E-state index < -0.39 is 0 Å². The molecule has 1 heterocycles. The Bertz CT molecular complexity index is 826. The van der Waals surface area contributed by atoms with E-state index in [-0.39, 0.29) is 12.5 Å². The molecule has 4 nitrogen and oxygen atoms in total. The lowest BCUT2D eigenvalue weighted by atomic mass is 10.2. The van der Waals surface area contributed by atoms with E-state index in [2.05, 4.69) is 5.32 Å². The number of methoxy groups -OCH3 is 1. The number of carbonyl (C=O) groups is 1. The molecule has 1 aromatic heterocycles. The van der Waals surface area contributed by atoms with Gasteiger partial charge in [0.15, 0.2) is 0 Å². The van der Waals surface area contributed by atoms with Crippen LogP contribution in [-0.4, -0.2) is 17.6 Å². The van der Waals surface area contributed by atoms with Gasteiger partial charge in [-0.1, -0.05) is 29.8 Å². The van der Waals surface area contributed by atoms with Gasteiger partial charge in [-0.2, -0.15) is 0 Å². The van der Waals surface area contributed by atoms with Gasteiger partial charge in [0.25, 0.3) is 0 Å². The fraction of sp³-hybridized carbons (Fsp3) is 0.118. The molecule has 0 bridgehead atoms. The summed E-state index contributed by atoms with van der Waals surface area (Å²) < 4.78 is 7.13. The summed E-state index contributed by atoms with van der Waals surface area (Å²) in [5.41, 5.74) is 1.59. The lowest BCUT2D eigenvalue weighted by Crippen LogP contribution is -2.18. The molecule has 0 aliphatic rings. The maximum Gasteiger partial charge on any atom is 0.244 e. The van der Waals surface area contributed by atoms with E-state index in [1.165, 1.54) is 0 Å². The van der Waals surface area contributed by atoms with Crippen molar-refractivity contribution in [2.75, 3.05) is 12.4 Å². The SMILES string of the molecule is COc1ccc(Cl)cc1NC(=O)Cn1ccc2ccccc21. The topological polar surface area (TPSA) is 43.3 Å². The molecule has 0 spiro atoms. The molecular weight excluding hydrogens is 300 g/mol. The van der Waals surface area contributed by atoms with Gasteiger partial charge >= 0.3 is 0 Å². The quantitative estimate of drug-likeness (QED) is 0.792. The number of para-hydroxylation sites is 1. The predicted octanol–water partition coefficient (Wildman–Crippen LogP) is 3.94. The fourth-order valence-electron chi connectivity index (χ4n) is 2.40. The lowest BCUT2D eigenvalue weighted by Gasteiger charge is -2.11. The van der Waals surface area contributed by atoms with Crippen LogP contribution in [0.2, 0.25) is 5.02 Å². The largest absolute Gasteiger partial charge is 0.495 e. The van der Waals surface area contributed by atoms with Crippen LogP contribution >= 0.6 is 11.6 Å². The van der Waals surface area contributed by atoms with Gasteiger partial charge in [-0.3, -0.25) is 4.79 Å². The molecular formula is C17H15ClN2O2. The Kier molecular flexibility index (Phi) is 4.02. The van der Waals surface area contributed by atoms with Crippen LogP contribution in [-0.2, 0) is 11.3 Å². The molecule has 1 amide bonds. The second kappa shape index (κ2) is 6.12. The van der Waals surface area contributed by atoms with Crippen LogP contribution in [0.5, 0.6) is 5.75 Å². The van der Waals surface area contributed by atoms with Crippen LogP contribution < -0.4 is 10.1 Å². The Hall–Kier alpha value is -2.46. The molecule has 5 heteroatoms. The van der Waals surface area contributed by atoms with Crippen molar-refractivity contribution < 1.29 is 9.53 Å². The third-order valence-electron chi connectivity index (χ3n) is 3.43. The average molecular weight is 315 g/mol. The van der Waals surface area contributed by atoms with Crippen molar-refractivity contribution in [2.24, 2.45) is 0 Å². The maximum atomic E-state index is 12.3. The summed E-state index contributed by atoms with van der Waals surface area (Å²) in [4.78, 5) is 12.3. The number of ether oxygens (including phenoxy) is 1. The zero-order valence-corrected chi connectivity index (χ0v) is 12.8. The molecule has 1 N–H and O–H groups in total. The maximum absolute atomic E-state index is 12.3. The molecule has 0 fully saturated rings. The second-order valence-electron chi connectivity index (χ2n) is 4.90.